The van der Waals surface area contributed by atoms with Crippen LogP contribution in [0.25, 0.3) is 0 Å². The van der Waals surface area contributed by atoms with Gasteiger partial charge >= 0.3 is 5.97 Å². The quantitative estimate of drug-likeness (QED) is 0.396. The maximum Gasteiger partial charge on any atom is 0.338 e. The van der Waals surface area contributed by atoms with E-state index >= 15 is 0 Å². The Hall–Kier alpha value is -2.71. The number of imide groups is 1. The number of nitrogens with zero attached hydrogens (tertiary/aromatic N) is 1. The van der Waals surface area contributed by atoms with Gasteiger partial charge in [0, 0.05) is 18.9 Å². The van der Waals surface area contributed by atoms with E-state index in [4.69, 9.17) is 14.6 Å². The van der Waals surface area contributed by atoms with Gasteiger partial charge in [0.1, 0.15) is 12.3 Å². The zero-order valence-corrected chi connectivity index (χ0v) is 13.2. The van der Waals surface area contributed by atoms with Crippen LogP contribution in [-0.2, 0) is 19.1 Å². The van der Waals surface area contributed by atoms with E-state index in [2.05, 4.69) is 5.32 Å². The number of carbonyl (C=O) groups is 3. The summed E-state index contributed by atoms with van der Waals surface area (Å²) in [7, 11) is 1.51. The van der Waals surface area contributed by atoms with Crippen LogP contribution in [0, 0.1) is 0 Å². The van der Waals surface area contributed by atoms with Crippen molar-refractivity contribution in [3.8, 4) is 0 Å². The van der Waals surface area contributed by atoms with Gasteiger partial charge in [-0.1, -0.05) is 0 Å². The second kappa shape index (κ2) is 8.23. The number of benzene rings is 1. The van der Waals surface area contributed by atoms with Crippen LogP contribution in [-0.4, -0.2) is 61.3 Å². The zero-order valence-electron chi connectivity index (χ0n) is 13.2. The van der Waals surface area contributed by atoms with E-state index in [1.807, 2.05) is 0 Å². The van der Waals surface area contributed by atoms with Crippen molar-refractivity contribution in [1.29, 1.82) is 0 Å². The minimum Gasteiger partial charge on any atom is -0.460 e. The number of β-amino-alcohol motifs (C(OH)–C–C–N with tert-alkyl or cyclic N) is 1. The number of hydrogen-bond donors (Lipinski definition) is 2. The summed E-state index contributed by atoms with van der Waals surface area (Å²) in [5.41, 5.74) is 1.02. The average Bonchev–Trinajstić information content (AvgIpc) is 2.83. The monoisotopic (exact) mass is 334 g/mol. The topological polar surface area (TPSA) is 105 Å². The SMILES string of the molecule is COCCOC(=O)c1ccc(NC2=CC(=O)N(CCO)C2=O)cc1. The smallest absolute Gasteiger partial charge is 0.338 e. The average molecular weight is 334 g/mol. The molecule has 0 atom stereocenters. The third-order valence-corrected chi connectivity index (χ3v) is 3.25. The van der Waals surface area contributed by atoms with Crippen molar-refractivity contribution in [3.63, 3.8) is 0 Å². The highest BCUT2D eigenvalue weighted by molar-refractivity contribution is 6.17. The molecule has 1 aromatic rings. The summed E-state index contributed by atoms with van der Waals surface area (Å²) in [6, 6.07) is 6.29. The van der Waals surface area contributed by atoms with Crippen molar-refractivity contribution >= 4 is 23.5 Å². The Morgan fingerprint density at radius 1 is 1.21 bits per heavy atom. The van der Waals surface area contributed by atoms with Crippen molar-refractivity contribution in [2.24, 2.45) is 0 Å². The molecule has 8 nitrogen and oxygen atoms in total. The van der Waals surface area contributed by atoms with Gasteiger partial charge in [-0.3, -0.25) is 14.5 Å². The Morgan fingerprint density at radius 3 is 2.54 bits per heavy atom. The summed E-state index contributed by atoms with van der Waals surface area (Å²) in [6.45, 7) is 0.142. The second-order valence-corrected chi connectivity index (χ2v) is 4.91. The van der Waals surface area contributed by atoms with Gasteiger partial charge in [-0.25, -0.2) is 4.79 Å². The van der Waals surface area contributed by atoms with Crippen LogP contribution < -0.4 is 5.32 Å². The molecule has 2 N–H and O–H groups in total. The number of methoxy groups -OCH3 is 1. The third-order valence-electron chi connectivity index (χ3n) is 3.25. The van der Waals surface area contributed by atoms with Crippen LogP contribution in [0.5, 0.6) is 0 Å². The maximum absolute atomic E-state index is 12.0. The fourth-order valence-electron chi connectivity index (χ4n) is 2.06. The van der Waals surface area contributed by atoms with Crippen molar-refractivity contribution in [2.75, 3.05) is 38.8 Å². The van der Waals surface area contributed by atoms with E-state index < -0.39 is 17.8 Å². The number of aliphatic hydroxyl groups excluding tert-OH is 1. The molecule has 8 heteroatoms. The third kappa shape index (κ3) is 4.18. The van der Waals surface area contributed by atoms with E-state index in [1.165, 1.54) is 13.2 Å². The minimum atomic E-state index is -0.503. The molecule has 0 radical (unpaired) electrons. The first-order valence-corrected chi connectivity index (χ1v) is 7.28. The number of carbonyl (C=O) groups excluding carboxylic acids is 3. The van der Waals surface area contributed by atoms with Crippen molar-refractivity contribution in [2.45, 2.75) is 0 Å². The van der Waals surface area contributed by atoms with Gasteiger partial charge in [0.25, 0.3) is 11.8 Å². The Balaban J connectivity index is 1.97. The number of nitrogens with one attached hydrogen (secondary N) is 1. The fraction of sp³-hybridized carbons (Fsp3) is 0.312. The molecule has 0 aliphatic carbocycles. The molecule has 24 heavy (non-hydrogen) atoms. The largest absolute Gasteiger partial charge is 0.460 e. The molecule has 2 rings (SSSR count). The van der Waals surface area contributed by atoms with Crippen molar-refractivity contribution in [3.05, 3.63) is 41.6 Å². The van der Waals surface area contributed by atoms with Crippen molar-refractivity contribution < 1.29 is 29.0 Å². The van der Waals surface area contributed by atoms with E-state index in [9.17, 15) is 14.4 Å². The van der Waals surface area contributed by atoms with Crippen LogP contribution in [0.4, 0.5) is 5.69 Å². The lowest BCUT2D eigenvalue weighted by atomic mass is 10.2. The summed E-state index contributed by atoms with van der Waals surface area (Å²) < 4.78 is 9.78. The predicted octanol–water partition coefficient (Wildman–Crippen LogP) is 0.147. The van der Waals surface area contributed by atoms with Crippen molar-refractivity contribution in [1.82, 2.24) is 4.90 Å². The van der Waals surface area contributed by atoms with Gasteiger partial charge in [-0.2, -0.15) is 0 Å². The van der Waals surface area contributed by atoms with Gasteiger partial charge < -0.3 is 19.9 Å². The molecule has 1 aliphatic rings. The predicted molar refractivity (Wildman–Crippen MR) is 84.1 cm³/mol. The number of hydrogen-bond acceptors (Lipinski definition) is 7. The Bertz CT molecular complexity index is 653. The van der Waals surface area contributed by atoms with E-state index in [-0.39, 0.29) is 25.5 Å². The van der Waals surface area contributed by atoms with Crippen LogP contribution in [0.1, 0.15) is 10.4 Å². The summed E-state index contributed by atoms with van der Waals surface area (Å²) in [6.07, 6.45) is 1.17. The Morgan fingerprint density at radius 2 is 1.92 bits per heavy atom. The van der Waals surface area contributed by atoms with Gasteiger partial charge in [-0.15, -0.1) is 0 Å². The summed E-state index contributed by atoms with van der Waals surface area (Å²) in [4.78, 5) is 36.4. The molecule has 1 heterocycles. The van der Waals surface area contributed by atoms with E-state index in [1.54, 1.807) is 24.3 Å². The number of esters is 1. The highest BCUT2D eigenvalue weighted by Crippen LogP contribution is 2.17. The first kappa shape index (κ1) is 17.6. The van der Waals surface area contributed by atoms with Crippen LogP contribution in [0.15, 0.2) is 36.0 Å². The molecule has 2 amide bonds. The standard InChI is InChI=1S/C16H18N2O6/c1-23-8-9-24-16(22)11-2-4-12(5-3-11)17-13-10-14(20)18(6-7-19)15(13)21/h2-5,10,17,19H,6-9H2,1H3. The molecule has 0 saturated heterocycles. The van der Waals surface area contributed by atoms with E-state index in [0.717, 1.165) is 4.90 Å². The summed E-state index contributed by atoms with van der Waals surface area (Å²) in [5.74, 6) is -1.45. The number of amides is 2. The highest BCUT2D eigenvalue weighted by atomic mass is 16.6. The maximum atomic E-state index is 12.0. The molecule has 0 spiro atoms. The molecule has 1 aromatic carbocycles. The Kier molecular flexibility index (Phi) is 6.05. The molecule has 0 aromatic heterocycles. The minimum absolute atomic E-state index is 0.0500. The lowest BCUT2D eigenvalue weighted by molar-refractivity contribution is -0.137. The van der Waals surface area contributed by atoms with Crippen LogP contribution in [0.2, 0.25) is 0 Å². The number of anilines is 1. The molecule has 0 saturated carbocycles. The molecule has 0 bridgehead atoms. The van der Waals surface area contributed by atoms with Gasteiger partial charge in [0.2, 0.25) is 0 Å². The fourth-order valence-corrected chi connectivity index (χ4v) is 2.06. The number of aliphatic hydroxyl groups is 1. The lowest BCUT2D eigenvalue weighted by Crippen LogP contribution is -2.34. The lowest BCUT2D eigenvalue weighted by Gasteiger charge is -2.13. The molecule has 0 unspecified atom stereocenters. The van der Waals surface area contributed by atoms with Gasteiger partial charge in [0.15, 0.2) is 0 Å². The first-order chi connectivity index (χ1) is 11.6. The highest BCUT2D eigenvalue weighted by Gasteiger charge is 2.30. The normalized spacial score (nSPS) is 13.9. The molecule has 128 valence electrons. The number of rotatable bonds is 8. The molecular weight excluding hydrogens is 316 g/mol. The molecular formula is C16H18N2O6. The summed E-state index contributed by atoms with van der Waals surface area (Å²) in [5, 5.41) is 11.7. The second-order valence-electron chi connectivity index (χ2n) is 4.91. The first-order valence-electron chi connectivity index (χ1n) is 7.28. The van der Waals surface area contributed by atoms with E-state index in [0.29, 0.717) is 17.9 Å². The molecule has 1 aliphatic heterocycles. The number of ether oxygens (including phenoxy) is 2. The van der Waals surface area contributed by atoms with Gasteiger partial charge in [-0.05, 0) is 24.3 Å². The summed E-state index contributed by atoms with van der Waals surface area (Å²) >= 11 is 0. The van der Waals surface area contributed by atoms with Gasteiger partial charge in [0.05, 0.1) is 25.3 Å². The zero-order chi connectivity index (χ0) is 17.5. The van der Waals surface area contributed by atoms with Crippen LogP contribution in [0.3, 0.4) is 0 Å². The Labute approximate surface area is 138 Å². The molecule has 0 fully saturated rings. The van der Waals surface area contributed by atoms with Crippen LogP contribution >= 0.6 is 0 Å².